The molecule has 2 aromatic carbocycles. The molecule has 2 aromatic rings. The second-order valence-electron chi connectivity index (χ2n) is 6.28. The maximum Gasteiger partial charge on any atom is 0.164 e. The molecule has 3 heteroatoms. The molecule has 0 aromatic heterocycles. The van der Waals surface area contributed by atoms with Crippen LogP contribution in [0.25, 0.3) is 0 Å². The predicted octanol–water partition coefficient (Wildman–Crippen LogP) is 4.39. The molecule has 0 aliphatic rings. The van der Waals surface area contributed by atoms with Crippen molar-refractivity contribution in [3.8, 4) is 11.5 Å². The minimum Gasteiger partial charge on any atom is -0.493 e. The Kier molecular flexibility index (Phi) is 6.68. The lowest BCUT2D eigenvalue weighted by Crippen LogP contribution is -2.16. The zero-order valence-corrected chi connectivity index (χ0v) is 15.3. The van der Waals surface area contributed by atoms with Gasteiger partial charge in [-0.25, -0.2) is 0 Å². The Morgan fingerprint density at radius 1 is 1.08 bits per heavy atom. The number of methoxy groups -OCH3 is 1. The van der Waals surface area contributed by atoms with Crippen molar-refractivity contribution in [2.75, 3.05) is 20.3 Å². The molecule has 3 nitrogen and oxygen atoms in total. The summed E-state index contributed by atoms with van der Waals surface area (Å²) in [6.45, 7) is 7.67. The molecule has 0 amide bonds. The highest BCUT2D eigenvalue weighted by Gasteiger charge is 2.17. The van der Waals surface area contributed by atoms with E-state index in [9.17, 15) is 0 Å². The summed E-state index contributed by atoms with van der Waals surface area (Å²) in [5.74, 6) is 1.90. The van der Waals surface area contributed by atoms with Crippen LogP contribution in [-0.4, -0.2) is 20.3 Å². The van der Waals surface area contributed by atoms with Gasteiger partial charge in [-0.05, 0) is 61.6 Å². The fraction of sp³-hybridized carbons (Fsp3) is 0.429. The summed E-state index contributed by atoms with van der Waals surface area (Å²) in [5, 5.41) is 0. The van der Waals surface area contributed by atoms with Crippen LogP contribution in [0.1, 0.15) is 41.5 Å². The van der Waals surface area contributed by atoms with Crippen LogP contribution in [-0.2, 0) is 6.42 Å². The average molecular weight is 327 g/mol. The van der Waals surface area contributed by atoms with Gasteiger partial charge in [-0.3, -0.25) is 0 Å². The maximum atomic E-state index is 6.09. The van der Waals surface area contributed by atoms with Gasteiger partial charge in [-0.1, -0.05) is 37.3 Å². The fourth-order valence-corrected chi connectivity index (χ4v) is 2.87. The number of rotatable bonds is 8. The molecule has 0 heterocycles. The number of ether oxygens (including phenoxy) is 2. The third kappa shape index (κ3) is 4.30. The minimum absolute atomic E-state index is 0.264. The first-order valence-corrected chi connectivity index (χ1v) is 8.66. The van der Waals surface area contributed by atoms with Crippen LogP contribution in [0.3, 0.4) is 0 Å². The third-order valence-electron chi connectivity index (χ3n) is 4.48. The molecule has 1 atom stereocenters. The SMILES string of the molecule is CCCOc1c(CC(CN)c2ccc(C)c(C)c2)cccc1OC. The molecule has 0 bridgehead atoms. The Labute approximate surface area is 145 Å². The second kappa shape index (κ2) is 8.74. The van der Waals surface area contributed by atoms with E-state index in [1.807, 2.05) is 12.1 Å². The lowest BCUT2D eigenvalue weighted by Gasteiger charge is -2.20. The Bertz CT molecular complexity index is 667. The molecule has 0 fully saturated rings. The van der Waals surface area contributed by atoms with Gasteiger partial charge in [0.15, 0.2) is 11.5 Å². The van der Waals surface area contributed by atoms with Crippen molar-refractivity contribution in [3.05, 3.63) is 58.7 Å². The van der Waals surface area contributed by atoms with Crippen molar-refractivity contribution in [1.82, 2.24) is 0 Å². The van der Waals surface area contributed by atoms with Crippen molar-refractivity contribution in [2.45, 2.75) is 39.5 Å². The number of benzene rings is 2. The molecule has 2 N–H and O–H groups in total. The first-order chi connectivity index (χ1) is 11.6. The maximum absolute atomic E-state index is 6.09. The molecule has 2 rings (SSSR count). The molecule has 1 unspecified atom stereocenters. The van der Waals surface area contributed by atoms with Crippen LogP contribution in [0.15, 0.2) is 36.4 Å². The summed E-state index contributed by atoms with van der Waals surface area (Å²) in [4.78, 5) is 0. The Hall–Kier alpha value is -2.00. The third-order valence-corrected chi connectivity index (χ3v) is 4.48. The van der Waals surface area contributed by atoms with E-state index >= 15 is 0 Å². The summed E-state index contributed by atoms with van der Waals surface area (Å²) in [5.41, 5.74) is 11.1. The number of hydrogen-bond donors (Lipinski definition) is 1. The molecule has 130 valence electrons. The van der Waals surface area contributed by atoms with Gasteiger partial charge in [0.25, 0.3) is 0 Å². The fourth-order valence-electron chi connectivity index (χ4n) is 2.87. The summed E-state index contributed by atoms with van der Waals surface area (Å²) in [7, 11) is 1.68. The molecular formula is C21H29NO2. The Balaban J connectivity index is 2.31. The van der Waals surface area contributed by atoms with Crippen LogP contribution in [0.5, 0.6) is 11.5 Å². The monoisotopic (exact) mass is 327 g/mol. The van der Waals surface area contributed by atoms with E-state index in [0.717, 1.165) is 29.9 Å². The van der Waals surface area contributed by atoms with Crippen molar-refractivity contribution < 1.29 is 9.47 Å². The van der Waals surface area contributed by atoms with Crippen LogP contribution in [0.4, 0.5) is 0 Å². The van der Waals surface area contributed by atoms with E-state index < -0.39 is 0 Å². The van der Waals surface area contributed by atoms with Crippen LogP contribution >= 0.6 is 0 Å². The molecule has 0 saturated heterocycles. The molecule has 0 saturated carbocycles. The molecule has 0 aliphatic heterocycles. The van der Waals surface area contributed by atoms with Crippen LogP contribution in [0.2, 0.25) is 0 Å². The summed E-state index contributed by atoms with van der Waals surface area (Å²) >= 11 is 0. The zero-order chi connectivity index (χ0) is 17.5. The molecule has 24 heavy (non-hydrogen) atoms. The lowest BCUT2D eigenvalue weighted by atomic mass is 9.90. The average Bonchev–Trinajstić information content (AvgIpc) is 2.60. The molecule has 0 radical (unpaired) electrons. The van der Waals surface area contributed by atoms with Gasteiger partial charge in [0.05, 0.1) is 13.7 Å². The van der Waals surface area contributed by atoms with E-state index in [4.69, 9.17) is 15.2 Å². The summed E-state index contributed by atoms with van der Waals surface area (Å²) in [6.07, 6.45) is 1.81. The van der Waals surface area contributed by atoms with Crippen molar-refractivity contribution in [2.24, 2.45) is 5.73 Å². The Morgan fingerprint density at radius 3 is 2.50 bits per heavy atom. The summed E-state index contributed by atoms with van der Waals surface area (Å²) < 4.78 is 11.4. The topological polar surface area (TPSA) is 44.5 Å². The number of aryl methyl sites for hydroxylation is 2. The highest BCUT2D eigenvalue weighted by atomic mass is 16.5. The standard InChI is InChI=1S/C21H29NO2/c1-5-11-24-21-18(7-6-8-20(21)23-4)13-19(14-22)17-10-9-15(2)16(3)12-17/h6-10,12,19H,5,11,13-14,22H2,1-4H3. The highest BCUT2D eigenvalue weighted by Crippen LogP contribution is 2.34. The van der Waals surface area contributed by atoms with Gasteiger partial charge in [-0.2, -0.15) is 0 Å². The van der Waals surface area contributed by atoms with E-state index in [1.54, 1.807) is 7.11 Å². The minimum atomic E-state index is 0.264. The van der Waals surface area contributed by atoms with Gasteiger partial charge in [0.2, 0.25) is 0 Å². The predicted molar refractivity (Wildman–Crippen MR) is 100 cm³/mol. The van der Waals surface area contributed by atoms with Crippen molar-refractivity contribution in [3.63, 3.8) is 0 Å². The second-order valence-corrected chi connectivity index (χ2v) is 6.28. The number of hydrogen-bond acceptors (Lipinski definition) is 3. The van der Waals surface area contributed by atoms with Gasteiger partial charge >= 0.3 is 0 Å². The highest BCUT2D eigenvalue weighted by molar-refractivity contribution is 5.47. The van der Waals surface area contributed by atoms with E-state index in [2.05, 4.69) is 45.0 Å². The lowest BCUT2D eigenvalue weighted by molar-refractivity contribution is 0.290. The van der Waals surface area contributed by atoms with E-state index in [0.29, 0.717) is 13.2 Å². The first kappa shape index (κ1) is 18.3. The van der Waals surface area contributed by atoms with Crippen LogP contribution < -0.4 is 15.2 Å². The number of nitrogens with two attached hydrogens (primary N) is 1. The first-order valence-electron chi connectivity index (χ1n) is 8.66. The van der Waals surface area contributed by atoms with Crippen LogP contribution in [0, 0.1) is 13.8 Å². The largest absolute Gasteiger partial charge is 0.493 e. The van der Waals surface area contributed by atoms with E-state index in [-0.39, 0.29) is 5.92 Å². The molecular weight excluding hydrogens is 298 g/mol. The van der Waals surface area contributed by atoms with Crippen molar-refractivity contribution >= 4 is 0 Å². The van der Waals surface area contributed by atoms with Gasteiger partial charge in [0.1, 0.15) is 0 Å². The van der Waals surface area contributed by atoms with Crippen molar-refractivity contribution in [1.29, 1.82) is 0 Å². The number of para-hydroxylation sites is 1. The van der Waals surface area contributed by atoms with Gasteiger partial charge < -0.3 is 15.2 Å². The normalized spacial score (nSPS) is 12.0. The Morgan fingerprint density at radius 2 is 1.88 bits per heavy atom. The quantitative estimate of drug-likeness (QED) is 0.782. The van der Waals surface area contributed by atoms with Gasteiger partial charge in [-0.15, -0.1) is 0 Å². The smallest absolute Gasteiger partial charge is 0.164 e. The zero-order valence-electron chi connectivity index (χ0n) is 15.3. The van der Waals surface area contributed by atoms with Gasteiger partial charge in [0, 0.05) is 5.92 Å². The van der Waals surface area contributed by atoms with E-state index in [1.165, 1.54) is 16.7 Å². The summed E-state index contributed by atoms with van der Waals surface area (Å²) in [6, 6.07) is 12.7. The molecule has 0 spiro atoms. The molecule has 0 aliphatic carbocycles.